The Labute approximate surface area is 131 Å². The van der Waals surface area contributed by atoms with Crippen molar-refractivity contribution in [1.82, 2.24) is 4.90 Å². The van der Waals surface area contributed by atoms with Crippen LogP contribution in [0.15, 0.2) is 21.3 Å². The van der Waals surface area contributed by atoms with Crippen LogP contribution >= 0.6 is 40.0 Å². The predicted octanol–water partition coefficient (Wildman–Crippen LogP) is 2.52. The molecule has 7 heteroatoms. The van der Waals surface area contributed by atoms with Crippen molar-refractivity contribution in [2.75, 3.05) is 7.05 Å². The number of hydrogen-bond donors (Lipinski definition) is 1. The Balaban J connectivity index is 0.000000437. The van der Waals surface area contributed by atoms with Crippen LogP contribution < -0.4 is 5.73 Å². The van der Waals surface area contributed by atoms with Crippen molar-refractivity contribution in [3.8, 4) is 0 Å². The predicted molar refractivity (Wildman–Crippen MR) is 86.5 cm³/mol. The number of nitrogens with zero attached hydrogens (tertiary/aromatic N) is 3. The number of likely N-dealkylation sites (N-methyl/N-ethyl adjacent to an activating group) is 1. The van der Waals surface area contributed by atoms with E-state index in [2.05, 4.69) is 68.8 Å². The summed E-state index contributed by atoms with van der Waals surface area (Å²) < 4.78 is 0. The molecule has 2 unspecified atom stereocenters. The van der Waals surface area contributed by atoms with Crippen LogP contribution in [0, 0.1) is 0 Å². The van der Waals surface area contributed by atoms with Crippen molar-refractivity contribution in [2.45, 2.75) is 32.9 Å². The second-order valence-corrected chi connectivity index (χ2v) is 15.8. The first-order chi connectivity index (χ1) is 7.93. The molecule has 2 heterocycles. The fraction of sp³-hybridized carbons (Fsp3) is 0.600. The van der Waals surface area contributed by atoms with Crippen LogP contribution in [-0.2, 0) is 9.47 Å². The summed E-state index contributed by atoms with van der Waals surface area (Å²) in [6, 6.07) is 0.316. The van der Waals surface area contributed by atoms with Crippen LogP contribution in [-0.4, -0.2) is 35.7 Å². The molecule has 4 nitrogen and oxygen atoms in total. The Hall–Kier alpha value is 0.724. The van der Waals surface area contributed by atoms with E-state index in [1.165, 1.54) is 5.57 Å². The molecular weight excluding hydrogens is 481 g/mol. The van der Waals surface area contributed by atoms with E-state index in [0.717, 1.165) is 11.5 Å². The monoisotopic (exact) mass is 497 g/mol. The molecule has 2 rings (SSSR count). The Kier molecular flexibility index (Phi) is 6.28. The number of fused-ring (bicyclic) bond motifs is 1. The normalized spacial score (nSPS) is 26.8. The maximum atomic E-state index is 5.88. The van der Waals surface area contributed by atoms with E-state index in [9.17, 15) is 0 Å². The molecule has 2 atom stereocenters. The molecule has 0 spiro atoms. The zero-order chi connectivity index (χ0) is 13.2. The molecule has 0 aliphatic carbocycles. The van der Waals surface area contributed by atoms with Crippen LogP contribution in [0.5, 0.6) is 0 Å². The molecule has 0 amide bonds. The van der Waals surface area contributed by atoms with E-state index in [1.54, 1.807) is 0 Å². The van der Waals surface area contributed by atoms with Crippen LogP contribution in [0.4, 0.5) is 0 Å². The zero-order valence-corrected chi connectivity index (χ0v) is 16.0. The maximum absolute atomic E-state index is 5.88. The molecule has 0 aromatic heterocycles. The molecule has 2 aliphatic rings. The van der Waals surface area contributed by atoms with Crippen molar-refractivity contribution in [2.24, 2.45) is 15.7 Å². The van der Waals surface area contributed by atoms with Gasteiger partial charge in [-0.15, -0.1) is 0 Å². The Morgan fingerprint density at radius 3 is 2.35 bits per heavy atom. The third kappa shape index (κ3) is 3.39. The summed E-state index contributed by atoms with van der Waals surface area (Å²) >= 11 is 4.74. The molecule has 2 aliphatic heterocycles. The Morgan fingerprint density at radius 1 is 1.29 bits per heavy atom. The van der Waals surface area contributed by atoms with Gasteiger partial charge in [0.2, 0.25) is 0 Å². The van der Waals surface area contributed by atoms with E-state index in [-0.39, 0.29) is 12.1 Å². The van der Waals surface area contributed by atoms with Crippen LogP contribution in [0.25, 0.3) is 0 Å². The van der Waals surface area contributed by atoms with Crippen LogP contribution in [0.3, 0.4) is 0 Å². The van der Waals surface area contributed by atoms with E-state index >= 15 is 0 Å². The van der Waals surface area contributed by atoms with Gasteiger partial charge < -0.3 is 10.6 Å². The standard InChI is InChI=1S/C10H16N4.2HI.V/c1-5-6(2)12-10(11)8-9(5)14(4)7(3)13-8;;;/h8-9H,1-4H3,(H2,11,12);2*1H;/q;;;+2/p-2. The first-order valence-corrected chi connectivity index (χ1v) is 14.2. The first-order valence-electron chi connectivity index (χ1n) is 5.15. The number of hydrogen-bond acceptors (Lipinski definition) is 4. The quantitative estimate of drug-likeness (QED) is 0.524. The van der Waals surface area contributed by atoms with Gasteiger partial charge in [-0.3, -0.25) is 4.99 Å². The topological polar surface area (TPSA) is 54.0 Å². The summed E-state index contributed by atoms with van der Waals surface area (Å²) in [5.41, 5.74) is 8.18. The molecule has 0 saturated heterocycles. The summed E-state index contributed by atoms with van der Waals surface area (Å²) in [6.45, 7) is 6.11. The fourth-order valence-corrected chi connectivity index (χ4v) is 2.09. The molecule has 17 heavy (non-hydrogen) atoms. The molecule has 0 radical (unpaired) electrons. The Morgan fingerprint density at radius 2 is 1.82 bits per heavy atom. The molecule has 2 N–H and O–H groups in total. The summed E-state index contributed by atoms with van der Waals surface area (Å²) in [4.78, 5) is 11.0. The second-order valence-electron chi connectivity index (χ2n) is 4.05. The van der Waals surface area contributed by atoms with Crippen LogP contribution in [0.2, 0.25) is 0 Å². The minimum absolute atomic E-state index is 0.0312. The van der Waals surface area contributed by atoms with Gasteiger partial charge in [-0.05, 0) is 26.3 Å². The summed E-state index contributed by atoms with van der Waals surface area (Å²) in [5.74, 6) is 1.68. The average Bonchev–Trinajstić information content (AvgIpc) is 2.55. The van der Waals surface area contributed by atoms with E-state index < -0.39 is 0 Å². The van der Waals surface area contributed by atoms with E-state index in [4.69, 9.17) is 5.73 Å². The van der Waals surface area contributed by atoms with Gasteiger partial charge in [0.25, 0.3) is 0 Å². The van der Waals surface area contributed by atoms with E-state index in [0.29, 0.717) is 15.3 Å². The number of nitrogens with two attached hydrogens (primary N) is 1. The summed E-state index contributed by atoms with van der Waals surface area (Å²) in [6.07, 6.45) is 0. The molecule has 0 fully saturated rings. The molecule has 0 aromatic carbocycles. The third-order valence-electron chi connectivity index (χ3n) is 3.17. The number of aliphatic imine (C=N–C) groups is 2. The van der Waals surface area contributed by atoms with Crippen LogP contribution in [0.1, 0.15) is 20.8 Å². The van der Waals surface area contributed by atoms with Gasteiger partial charge in [0.1, 0.15) is 11.9 Å². The number of amidine groups is 2. The van der Waals surface area contributed by atoms with Gasteiger partial charge in [0.15, 0.2) is 0 Å². The third-order valence-corrected chi connectivity index (χ3v) is 3.17. The summed E-state index contributed by atoms with van der Waals surface area (Å²) in [5, 5.41) is 0. The van der Waals surface area contributed by atoms with Gasteiger partial charge >= 0.3 is 49.4 Å². The Bertz CT molecular complexity index is 392. The number of rotatable bonds is 0. The molecule has 0 aromatic rings. The average molecular weight is 497 g/mol. The SMILES string of the molecule is CC1=NC2C(N)=NC(C)=C(C)C2N1C.[I][V][I]. The van der Waals surface area contributed by atoms with Gasteiger partial charge in [0, 0.05) is 12.7 Å². The van der Waals surface area contributed by atoms with Crippen molar-refractivity contribution < 1.29 is 9.47 Å². The molecule has 0 saturated carbocycles. The fourth-order valence-electron chi connectivity index (χ4n) is 2.09. The zero-order valence-electron chi connectivity index (χ0n) is 10.3. The van der Waals surface area contributed by atoms with E-state index in [1.807, 2.05) is 13.8 Å². The molecule has 95 valence electrons. The van der Waals surface area contributed by atoms with Gasteiger partial charge in [-0.1, -0.05) is 0 Å². The second kappa shape index (κ2) is 6.76. The number of allylic oxidation sites excluding steroid dienone is 1. The summed E-state index contributed by atoms with van der Waals surface area (Å²) in [7, 11) is 2.68. The van der Waals surface area contributed by atoms with Crippen molar-refractivity contribution in [1.29, 1.82) is 0 Å². The molecule has 0 bridgehead atoms. The first kappa shape index (κ1) is 15.8. The van der Waals surface area contributed by atoms with Gasteiger partial charge in [0.05, 0.1) is 11.9 Å². The molecular formula is C10H16I2N4V. The minimum atomic E-state index is 0.0312. The van der Waals surface area contributed by atoms with Gasteiger partial charge in [-0.25, -0.2) is 4.99 Å². The number of halogens is 2. The van der Waals surface area contributed by atoms with Gasteiger partial charge in [-0.2, -0.15) is 0 Å². The van der Waals surface area contributed by atoms with Crippen molar-refractivity contribution in [3.05, 3.63) is 11.3 Å². The van der Waals surface area contributed by atoms with Crippen molar-refractivity contribution in [3.63, 3.8) is 0 Å². The van der Waals surface area contributed by atoms with Crippen molar-refractivity contribution >= 4 is 51.6 Å².